The number of fused-ring (bicyclic) bond motifs is 1. The Bertz CT molecular complexity index is 1510. The third-order valence-corrected chi connectivity index (χ3v) is 8.31. The fourth-order valence-electron chi connectivity index (χ4n) is 5.64. The van der Waals surface area contributed by atoms with Crippen molar-refractivity contribution in [1.82, 2.24) is 5.32 Å². The van der Waals surface area contributed by atoms with Crippen molar-refractivity contribution in [2.45, 2.75) is 65.6 Å². The molecule has 8 nitrogen and oxygen atoms in total. The van der Waals surface area contributed by atoms with Crippen LogP contribution in [0.3, 0.4) is 0 Å². The molecule has 0 fully saturated rings. The normalized spacial score (nSPS) is 16.4. The predicted octanol–water partition coefficient (Wildman–Crippen LogP) is 7.81. The van der Waals surface area contributed by atoms with Crippen molar-refractivity contribution in [3.63, 3.8) is 0 Å². The molecule has 1 heterocycles. The quantitative estimate of drug-likeness (QED) is 0.129. The molecule has 1 N–H and O–H groups in total. The molecule has 1 aliphatic rings. The summed E-state index contributed by atoms with van der Waals surface area (Å²) in [5, 5.41) is 4.77. The van der Waals surface area contributed by atoms with Crippen molar-refractivity contribution in [1.29, 1.82) is 0 Å². The van der Waals surface area contributed by atoms with E-state index in [1.807, 2.05) is 48.5 Å². The van der Waals surface area contributed by atoms with Crippen molar-refractivity contribution in [3.05, 3.63) is 87.4 Å². The van der Waals surface area contributed by atoms with E-state index in [-0.39, 0.29) is 24.3 Å². The van der Waals surface area contributed by atoms with Crippen LogP contribution in [-0.4, -0.2) is 57.9 Å². The number of methoxy groups -OCH3 is 1. The van der Waals surface area contributed by atoms with Crippen molar-refractivity contribution in [2.24, 2.45) is 5.41 Å². The molecule has 0 aliphatic carbocycles. The van der Waals surface area contributed by atoms with Gasteiger partial charge in [0.25, 0.3) is 5.91 Å². The molecule has 3 aromatic carbocycles. The highest BCUT2D eigenvalue weighted by atomic mass is 35.5. The second-order valence-corrected chi connectivity index (χ2v) is 13.6. The van der Waals surface area contributed by atoms with Gasteiger partial charge >= 0.3 is 5.97 Å². The molecule has 0 saturated carbocycles. The third kappa shape index (κ3) is 10.1. The van der Waals surface area contributed by atoms with E-state index in [2.05, 4.69) is 32.2 Å². The molecule has 254 valence electrons. The van der Waals surface area contributed by atoms with E-state index in [4.69, 9.17) is 42.1 Å². The summed E-state index contributed by atoms with van der Waals surface area (Å²) in [4.78, 5) is 28.4. The van der Waals surface area contributed by atoms with Gasteiger partial charge in [0.1, 0.15) is 12.2 Å². The van der Waals surface area contributed by atoms with Crippen LogP contribution >= 0.6 is 23.2 Å². The minimum Gasteiger partial charge on any atom is -0.492 e. The Labute approximate surface area is 288 Å². The van der Waals surface area contributed by atoms with Crippen LogP contribution in [0.4, 0.5) is 5.69 Å². The van der Waals surface area contributed by atoms with Crippen molar-refractivity contribution < 1.29 is 28.5 Å². The van der Waals surface area contributed by atoms with E-state index < -0.39 is 18.2 Å². The van der Waals surface area contributed by atoms with Gasteiger partial charge < -0.3 is 29.2 Å². The number of nitrogens with zero attached hydrogens (tertiary/aromatic N) is 1. The van der Waals surface area contributed by atoms with Crippen molar-refractivity contribution in [3.8, 4) is 11.5 Å². The van der Waals surface area contributed by atoms with Gasteiger partial charge in [0.15, 0.2) is 11.5 Å². The van der Waals surface area contributed by atoms with E-state index in [0.717, 1.165) is 42.9 Å². The summed E-state index contributed by atoms with van der Waals surface area (Å²) < 4.78 is 23.9. The first-order valence-corrected chi connectivity index (χ1v) is 16.9. The number of amides is 1. The summed E-state index contributed by atoms with van der Waals surface area (Å²) >= 11 is 12.8. The zero-order valence-electron chi connectivity index (χ0n) is 27.9. The van der Waals surface area contributed by atoms with Crippen LogP contribution in [-0.2, 0) is 25.5 Å². The molecular weight excluding hydrogens is 639 g/mol. The maximum atomic E-state index is 14.1. The molecule has 1 aliphatic heterocycles. The molecule has 0 saturated heterocycles. The van der Waals surface area contributed by atoms with Crippen LogP contribution in [0.15, 0.2) is 60.7 Å². The highest BCUT2D eigenvalue weighted by Crippen LogP contribution is 2.45. The number of esters is 1. The number of hydrogen-bond donors (Lipinski definition) is 1. The molecule has 0 radical (unpaired) electrons. The van der Waals surface area contributed by atoms with Crippen LogP contribution in [0, 0.1) is 5.41 Å². The molecular formula is C37H46Cl2N2O6. The first kappa shape index (κ1) is 36.5. The molecule has 0 bridgehead atoms. The molecule has 2 atom stereocenters. The first-order valence-electron chi connectivity index (χ1n) is 16.2. The molecule has 10 heteroatoms. The molecule has 1 amide bonds. The zero-order chi connectivity index (χ0) is 34.0. The smallest absolute Gasteiger partial charge is 0.308 e. The van der Waals surface area contributed by atoms with Crippen molar-refractivity contribution >= 4 is 40.8 Å². The highest BCUT2D eigenvalue weighted by Gasteiger charge is 2.40. The predicted molar refractivity (Wildman–Crippen MR) is 187 cm³/mol. The zero-order valence-corrected chi connectivity index (χ0v) is 29.5. The third-order valence-electron chi connectivity index (χ3n) is 7.70. The van der Waals surface area contributed by atoms with Crippen LogP contribution < -0.4 is 19.7 Å². The summed E-state index contributed by atoms with van der Waals surface area (Å²) in [7, 11) is 1.58. The van der Waals surface area contributed by atoms with E-state index >= 15 is 0 Å². The lowest BCUT2D eigenvalue weighted by Gasteiger charge is -2.31. The molecule has 4 rings (SSSR count). The number of nitrogens with one attached hydrogen (secondary N) is 1. The Balaban J connectivity index is 1.53. The Kier molecular flexibility index (Phi) is 13.4. The molecule has 2 unspecified atom stereocenters. The lowest BCUT2D eigenvalue weighted by atomic mass is 9.94. The van der Waals surface area contributed by atoms with E-state index in [1.54, 1.807) is 25.0 Å². The summed E-state index contributed by atoms with van der Waals surface area (Å²) in [6, 6.07) is 18.9. The monoisotopic (exact) mass is 684 g/mol. The van der Waals surface area contributed by atoms with Crippen LogP contribution in [0.5, 0.6) is 11.5 Å². The molecule has 0 spiro atoms. The second kappa shape index (κ2) is 17.2. The SMILES string of the molecule is CCOC(=O)CC1OC(c2cccc(OCCCNCCCc3ccccc3Cl)c2OC)c2cc(Cl)ccc2N(CC(C)(C)C)C1=O. The Hall–Kier alpha value is -3.30. The van der Waals surface area contributed by atoms with Gasteiger partial charge in [-0.3, -0.25) is 9.59 Å². The summed E-state index contributed by atoms with van der Waals surface area (Å²) in [6.45, 7) is 10.6. The van der Waals surface area contributed by atoms with Crippen LogP contribution in [0.2, 0.25) is 10.0 Å². The van der Waals surface area contributed by atoms with Crippen molar-refractivity contribution in [2.75, 3.05) is 44.9 Å². The van der Waals surface area contributed by atoms with E-state index in [1.165, 1.54) is 0 Å². The Morgan fingerprint density at radius 1 is 1.00 bits per heavy atom. The van der Waals surface area contributed by atoms with Gasteiger partial charge in [0.2, 0.25) is 0 Å². The summed E-state index contributed by atoms with van der Waals surface area (Å²) in [5.41, 5.74) is 2.94. The van der Waals surface area contributed by atoms with E-state index in [0.29, 0.717) is 46.5 Å². The lowest BCUT2D eigenvalue weighted by molar-refractivity contribution is -0.151. The largest absolute Gasteiger partial charge is 0.492 e. The van der Waals surface area contributed by atoms with Crippen LogP contribution in [0.25, 0.3) is 0 Å². The number of benzene rings is 3. The van der Waals surface area contributed by atoms with Gasteiger partial charge in [-0.05, 0) is 80.6 Å². The number of carbonyl (C=O) groups excluding carboxylic acids is 2. The number of para-hydroxylation sites is 1. The number of rotatable bonds is 15. The standard InChI is InChI=1S/C37H46Cl2N2O6/c1-6-45-33(42)23-32-36(43)41(24-37(2,3)4)30-18-17-26(38)22-28(30)34(47-32)27-14-9-16-31(35(27)44-5)46-21-11-20-40-19-10-13-25-12-7-8-15-29(25)39/h7-9,12,14-18,22,32,34,40H,6,10-11,13,19-21,23-24H2,1-5H3. The van der Waals surface area contributed by atoms with E-state index in [9.17, 15) is 9.59 Å². The second-order valence-electron chi connectivity index (χ2n) is 12.7. The Morgan fingerprint density at radius 3 is 2.49 bits per heavy atom. The molecule has 47 heavy (non-hydrogen) atoms. The van der Waals surface area contributed by atoms with Gasteiger partial charge in [0, 0.05) is 33.4 Å². The van der Waals surface area contributed by atoms with Crippen LogP contribution in [0.1, 0.15) is 69.8 Å². The number of hydrogen-bond acceptors (Lipinski definition) is 7. The summed E-state index contributed by atoms with van der Waals surface area (Å²) in [6.07, 6.45) is 0.595. The maximum Gasteiger partial charge on any atom is 0.308 e. The number of halogens is 2. The average Bonchev–Trinajstić information content (AvgIpc) is 3.12. The average molecular weight is 686 g/mol. The molecule has 3 aromatic rings. The fraction of sp³-hybridized carbons (Fsp3) is 0.459. The number of aryl methyl sites for hydroxylation is 1. The minimum atomic E-state index is -1.09. The number of carbonyl (C=O) groups is 2. The fourth-order valence-corrected chi connectivity index (χ4v) is 6.05. The highest BCUT2D eigenvalue weighted by molar-refractivity contribution is 6.31. The van der Waals surface area contributed by atoms with Gasteiger partial charge in [-0.2, -0.15) is 0 Å². The number of ether oxygens (including phenoxy) is 4. The van der Waals surface area contributed by atoms with Gasteiger partial charge in [-0.15, -0.1) is 0 Å². The topological polar surface area (TPSA) is 86.3 Å². The maximum absolute atomic E-state index is 14.1. The van der Waals surface area contributed by atoms with Gasteiger partial charge in [0.05, 0.1) is 26.7 Å². The first-order chi connectivity index (χ1) is 22.5. The molecule has 0 aromatic heterocycles. The van der Waals surface area contributed by atoms with Gasteiger partial charge in [-0.1, -0.05) is 74.3 Å². The van der Waals surface area contributed by atoms with Gasteiger partial charge in [-0.25, -0.2) is 0 Å². The number of anilines is 1. The minimum absolute atomic E-state index is 0.204. The summed E-state index contributed by atoms with van der Waals surface area (Å²) in [5.74, 6) is 0.221. The Morgan fingerprint density at radius 2 is 1.77 bits per heavy atom. The lowest BCUT2D eigenvalue weighted by Crippen LogP contribution is -2.44.